The zero-order valence-electron chi connectivity index (χ0n) is 14.7. The minimum atomic E-state index is 0.0676. The molecule has 130 valence electrons. The summed E-state index contributed by atoms with van der Waals surface area (Å²) in [4.78, 5) is 12.4. The molecule has 2 heterocycles. The molecule has 0 bridgehead atoms. The van der Waals surface area contributed by atoms with E-state index in [1.165, 1.54) is 16.8 Å². The van der Waals surface area contributed by atoms with Gasteiger partial charge in [-0.15, -0.1) is 0 Å². The third-order valence-electron chi connectivity index (χ3n) is 5.06. The van der Waals surface area contributed by atoms with E-state index in [1.807, 2.05) is 28.8 Å². The highest BCUT2D eigenvalue weighted by Crippen LogP contribution is 2.29. The second kappa shape index (κ2) is 6.35. The number of aryl methyl sites for hydroxylation is 3. The summed E-state index contributed by atoms with van der Waals surface area (Å²) in [6.07, 6.45) is 7.28. The first-order valence-electron chi connectivity index (χ1n) is 8.84. The highest BCUT2D eigenvalue weighted by Gasteiger charge is 2.24. The van der Waals surface area contributed by atoms with E-state index < -0.39 is 0 Å². The van der Waals surface area contributed by atoms with Crippen molar-refractivity contribution in [3.8, 4) is 0 Å². The van der Waals surface area contributed by atoms with Crippen LogP contribution in [0.3, 0.4) is 0 Å². The van der Waals surface area contributed by atoms with Gasteiger partial charge in [-0.3, -0.25) is 14.2 Å². The molecule has 1 atom stereocenters. The fourth-order valence-corrected chi connectivity index (χ4v) is 3.69. The third kappa shape index (κ3) is 3.04. The largest absolute Gasteiger partial charge is 0.349 e. The van der Waals surface area contributed by atoms with Crippen molar-refractivity contribution in [1.29, 1.82) is 0 Å². The Hall–Kier alpha value is -2.63. The van der Waals surface area contributed by atoms with Crippen molar-refractivity contribution in [3.05, 3.63) is 47.4 Å². The molecule has 1 aliphatic carbocycles. The fraction of sp³-hybridized carbons (Fsp3) is 0.421. The van der Waals surface area contributed by atoms with Crippen LogP contribution in [0, 0.1) is 6.92 Å². The highest BCUT2D eigenvalue weighted by molar-refractivity contribution is 5.80. The van der Waals surface area contributed by atoms with Gasteiger partial charge in [0.15, 0.2) is 0 Å². The van der Waals surface area contributed by atoms with Gasteiger partial charge in [0, 0.05) is 30.1 Å². The van der Waals surface area contributed by atoms with Gasteiger partial charge in [-0.2, -0.15) is 10.2 Å². The molecular weight excluding hydrogens is 314 g/mol. The van der Waals surface area contributed by atoms with Crippen LogP contribution in [0.15, 0.2) is 30.6 Å². The van der Waals surface area contributed by atoms with E-state index in [2.05, 4.69) is 40.6 Å². The van der Waals surface area contributed by atoms with E-state index in [0.29, 0.717) is 13.0 Å². The Balaban J connectivity index is 1.42. The van der Waals surface area contributed by atoms with Crippen LogP contribution in [0.1, 0.15) is 42.1 Å². The smallest absolute Gasteiger partial charge is 0.222 e. The zero-order chi connectivity index (χ0) is 17.4. The molecular formula is C19H23N5O. The zero-order valence-corrected chi connectivity index (χ0v) is 14.7. The van der Waals surface area contributed by atoms with Crippen LogP contribution in [-0.4, -0.2) is 25.5 Å². The molecule has 0 spiro atoms. The Morgan fingerprint density at radius 3 is 3.08 bits per heavy atom. The summed E-state index contributed by atoms with van der Waals surface area (Å²) < 4.78 is 3.84. The van der Waals surface area contributed by atoms with Crippen LogP contribution < -0.4 is 5.32 Å². The van der Waals surface area contributed by atoms with Gasteiger partial charge in [0.2, 0.25) is 5.91 Å². The maximum atomic E-state index is 12.4. The van der Waals surface area contributed by atoms with Crippen molar-refractivity contribution >= 4 is 16.8 Å². The number of rotatable bonds is 4. The molecule has 0 fully saturated rings. The van der Waals surface area contributed by atoms with E-state index in [9.17, 15) is 4.79 Å². The van der Waals surface area contributed by atoms with Crippen molar-refractivity contribution in [3.63, 3.8) is 0 Å². The summed E-state index contributed by atoms with van der Waals surface area (Å²) in [7, 11) is 1.97. The first kappa shape index (κ1) is 15.9. The van der Waals surface area contributed by atoms with E-state index in [4.69, 9.17) is 0 Å². The van der Waals surface area contributed by atoms with Crippen molar-refractivity contribution in [1.82, 2.24) is 24.9 Å². The van der Waals surface area contributed by atoms with Gasteiger partial charge in [-0.1, -0.05) is 12.1 Å². The third-order valence-corrected chi connectivity index (χ3v) is 5.06. The molecule has 2 aromatic heterocycles. The number of benzene rings is 1. The van der Waals surface area contributed by atoms with E-state index in [1.54, 1.807) is 0 Å². The number of nitrogens with one attached hydrogen (secondary N) is 1. The molecule has 0 saturated heterocycles. The lowest BCUT2D eigenvalue weighted by Gasteiger charge is -2.23. The van der Waals surface area contributed by atoms with Crippen LogP contribution in [0.2, 0.25) is 0 Å². The maximum Gasteiger partial charge on any atom is 0.222 e. The summed E-state index contributed by atoms with van der Waals surface area (Å²) in [6.45, 7) is 2.66. The Morgan fingerprint density at radius 1 is 1.32 bits per heavy atom. The molecule has 0 saturated carbocycles. The molecule has 6 heteroatoms. The predicted octanol–water partition coefficient (Wildman–Crippen LogP) is 2.66. The SMILES string of the molecule is Cc1ccc2cnn(CCC(=O)N[C@@H]3CCCc4c3cnn4C)c2c1. The number of hydrogen-bond donors (Lipinski definition) is 1. The van der Waals surface area contributed by atoms with Gasteiger partial charge in [-0.25, -0.2) is 0 Å². The predicted molar refractivity (Wildman–Crippen MR) is 96.1 cm³/mol. The van der Waals surface area contributed by atoms with E-state index in [-0.39, 0.29) is 11.9 Å². The first-order chi connectivity index (χ1) is 12.1. The van der Waals surface area contributed by atoms with Gasteiger partial charge in [-0.05, 0) is 37.8 Å². The van der Waals surface area contributed by atoms with Crippen molar-refractivity contribution in [2.45, 2.75) is 45.2 Å². The second-order valence-corrected chi connectivity index (χ2v) is 6.86. The lowest BCUT2D eigenvalue weighted by atomic mass is 9.93. The first-order valence-corrected chi connectivity index (χ1v) is 8.84. The molecule has 6 nitrogen and oxygen atoms in total. The fourth-order valence-electron chi connectivity index (χ4n) is 3.69. The lowest BCUT2D eigenvalue weighted by molar-refractivity contribution is -0.122. The molecule has 1 aromatic carbocycles. The normalized spacial score (nSPS) is 16.8. The van der Waals surface area contributed by atoms with Gasteiger partial charge in [0.05, 0.1) is 30.5 Å². The number of carbonyl (C=O) groups is 1. The molecule has 1 amide bonds. The number of nitrogens with zero attached hydrogens (tertiary/aromatic N) is 4. The molecule has 1 aliphatic rings. The van der Waals surface area contributed by atoms with E-state index in [0.717, 1.165) is 30.2 Å². The average Bonchev–Trinajstić information content (AvgIpc) is 3.17. The minimum absolute atomic E-state index is 0.0676. The van der Waals surface area contributed by atoms with Crippen LogP contribution in [0.4, 0.5) is 0 Å². The van der Waals surface area contributed by atoms with Gasteiger partial charge in [0.1, 0.15) is 0 Å². The number of amides is 1. The van der Waals surface area contributed by atoms with Crippen molar-refractivity contribution in [2.75, 3.05) is 0 Å². The number of aromatic nitrogens is 4. The number of carbonyl (C=O) groups excluding carboxylic acids is 1. The lowest BCUT2D eigenvalue weighted by Crippen LogP contribution is -2.31. The number of fused-ring (bicyclic) bond motifs is 2. The summed E-state index contributed by atoms with van der Waals surface area (Å²) in [5, 5.41) is 13.0. The van der Waals surface area contributed by atoms with Gasteiger partial charge < -0.3 is 5.32 Å². The highest BCUT2D eigenvalue weighted by atomic mass is 16.1. The van der Waals surface area contributed by atoms with Crippen LogP contribution in [0.5, 0.6) is 0 Å². The standard InChI is InChI=1S/C19H23N5O/c1-13-6-7-14-11-21-24(18(14)10-13)9-8-19(25)22-16-4-3-5-17-15(16)12-20-23(17)2/h6-7,10-12,16H,3-5,8-9H2,1-2H3,(H,22,25)/t16-/m1/s1. The molecule has 3 aromatic rings. The quantitative estimate of drug-likeness (QED) is 0.796. The topological polar surface area (TPSA) is 64.7 Å². The Morgan fingerprint density at radius 2 is 2.20 bits per heavy atom. The minimum Gasteiger partial charge on any atom is -0.349 e. The summed E-state index contributed by atoms with van der Waals surface area (Å²) in [6, 6.07) is 6.35. The molecule has 0 unspecified atom stereocenters. The second-order valence-electron chi connectivity index (χ2n) is 6.86. The monoisotopic (exact) mass is 337 g/mol. The van der Waals surface area contributed by atoms with Gasteiger partial charge >= 0.3 is 0 Å². The van der Waals surface area contributed by atoms with Crippen LogP contribution >= 0.6 is 0 Å². The summed E-state index contributed by atoms with van der Waals surface area (Å²) in [5.41, 5.74) is 4.69. The summed E-state index contributed by atoms with van der Waals surface area (Å²) in [5.74, 6) is 0.0676. The van der Waals surface area contributed by atoms with Crippen LogP contribution in [0.25, 0.3) is 10.9 Å². The van der Waals surface area contributed by atoms with Crippen molar-refractivity contribution in [2.24, 2.45) is 7.05 Å². The van der Waals surface area contributed by atoms with Crippen molar-refractivity contribution < 1.29 is 4.79 Å². The summed E-state index contributed by atoms with van der Waals surface area (Å²) >= 11 is 0. The molecule has 25 heavy (non-hydrogen) atoms. The average molecular weight is 337 g/mol. The molecule has 4 rings (SSSR count). The maximum absolute atomic E-state index is 12.4. The van der Waals surface area contributed by atoms with Gasteiger partial charge in [0.25, 0.3) is 0 Å². The molecule has 0 aliphatic heterocycles. The number of hydrogen-bond acceptors (Lipinski definition) is 3. The molecule has 0 radical (unpaired) electrons. The van der Waals surface area contributed by atoms with E-state index >= 15 is 0 Å². The Labute approximate surface area is 146 Å². The molecule has 1 N–H and O–H groups in total. The Kier molecular flexibility index (Phi) is 4.03. The Bertz CT molecular complexity index is 923. The van der Waals surface area contributed by atoms with Crippen LogP contribution in [-0.2, 0) is 24.8 Å².